The standard InChI is InChI=1S/C24H30N6O2S/c1-16-5-6-20(23(31)26-9-4-11-29-14-10-25-15-29)21(27-16)19-7-12-30(13-8-19)24(32)22-17(2)28-18(3)33-22/h5-6,10,14-15,19H,4,7-9,11-13H2,1-3H3,(H,26,31). The summed E-state index contributed by atoms with van der Waals surface area (Å²) in [4.78, 5) is 41.7. The number of hydrogen-bond acceptors (Lipinski definition) is 6. The van der Waals surface area contributed by atoms with Gasteiger partial charge in [-0.25, -0.2) is 9.97 Å². The van der Waals surface area contributed by atoms with Crippen molar-refractivity contribution in [3.63, 3.8) is 0 Å². The van der Waals surface area contributed by atoms with Crippen molar-refractivity contribution in [3.05, 3.63) is 63.4 Å². The Morgan fingerprint density at radius 2 is 1.94 bits per heavy atom. The third kappa shape index (κ3) is 5.47. The summed E-state index contributed by atoms with van der Waals surface area (Å²) in [5, 5.41) is 3.95. The molecule has 0 aliphatic carbocycles. The van der Waals surface area contributed by atoms with Crippen LogP contribution in [0.25, 0.3) is 0 Å². The van der Waals surface area contributed by atoms with Gasteiger partial charge in [-0.15, -0.1) is 11.3 Å². The van der Waals surface area contributed by atoms with Crippen molar-refractivity contribution < 1.29 is 9.59 Å². The molecule has 3 aromatic heterocycles. The van der Waals surface area contributed by atoms with Crippen molar-refractivity contribution in [1.29, 1.82) is 0 Å². The van der Waals surface area contributed by atoms with Crippen LogP contribution in [-0.4, -0.2) is 55.9 Å². The Morgan fingerprint density at radius 1 is 1.15 bits per heavy atom. The fourth-order valence-electron chi connectivity index (χ4n) is 4.29. The predicted octanol–water partition coefficient (Wildman–Crippen LogP) is 3.50. The summed E-state index contributed by atoms with van der Waals surface area (Å²) < 4.78 is 2.00. The summed E-state index contributed by atoms with van der Waals surface area (Å²) in [7, 11) is 0. The summed E-state index contributed by atoms with van der Waals surface area (Å²) in [6.45, 7) is 8.47. The lowest BCUT2D eigenvalue weighted by atomic mass is 9.89. The van der Waals surface area contributed by atoms with Gasteiger partial charge < -0.3 is 14.8 Å². The van der Waals surface area contributed by atoms with E-state index in [1.54, 1.807) is 12.5 Å². The van der Waals surface area contributed by atoms with E-state index in [1.807, 2.05) is 48.6 Å². The normalized spacial score (nSPS) is 14.5. The highest BCUT2D eigenvalue weighted by molar-refractivity contribution is 7.13. The maximum absolute atomic E-state index is 12.9. The third-order valence-electron chi connectivity index (χ3n) is 6.01. The van der Waals surface area contributed by atoms with Crippen LogP contribution in [-0.2, 0) is 6.54 Å². The average Bonchev–Trinajstić information content (AvgIpc) is 3.45. The highest BCUT2D eigenvalue weighted by Gasteiger charge is 2.29. The number of piperidine rings is 1. The van der Waals surface area contributed by atoms with E-state index >= 15 is 0 Å². The van der Waals surface area contributed by atoms with Crippen molar-refractivity contribution in [1.82, 2.24) is 29.7 Å². The summed E-state index contributed by atoms with van der Waals surface area (Å²) in [5.41, 5.74) is 3.19. The SMILES string of the molecule is Cc1ccc(C(=O)NCCCn2ccnc2)c(C2CCN(C(=O)c3sc(C)nc3C)CC2)n1. The number of nitrogens with zero attached hydrogens (tertiary/aromatic N) is 5. The number of nitrogens with one attached hydrogen (secondary N) is 1. The first-order valence-corrected chi connectivity index (χ1v) is 12.2. The first-order valence-electron chi connectivity index (χ1n) is 11.4. The van der Waals surface area contributed by atoms with Crippen LogP contribution in [0, 0.1) is 20.8 Å². The number of aromatic nitrogens is 4. The Kier molecular flexibility index (Phi) is 7.17. The second kappa shape index (κ2) is 10.2. The number of carbonyl (C=O) groups is 2. The van der Waals surface area contributed by atoms with Crippen molar-refractivity contribution in [2.45, 2.75) is 52.5 Å². The number of imidazole rings is 1. The fourth-order valence-corrected chi connectivity index (χ4v) is 5.17. The minimum absolute atomic E-state index is 0.0598. The van der Waals surface area contributed by atoms with Crippen LogP contribution >= 0.6 is 11.3 Å². The predicted molar refractivity (Wildman–Crippen MR) is 128 cm³/mol. The van der Waals surface area contributed by atoms with Gasteiger partial charge in [-0.1, -0.05) is 0 Å². The number of pyridine rings is 1. The highest BCUT2D eigenvalue weighted by Crippen LogP contribution is 2.31. The molecule has 4 heterocycles. The monoisotopic (exact) mass is 466 g/mol. The molecule has 174 valence electrons. The lowest BCUT2D eigenvalue weighted by Crippen LogP contribution is -2.38. The minimum atomic E-state index is -0.0857. The van der Waals surface area contributed by atoms with E-state index in [2.05, 4.69) is 15.3 Å². The van der Waals surface area contributed by atoms with E-state index in [4.69, 9.17) is 4.98 Å². The quantitative estimate of drug-likeness (QED) is 0.538. The lowest BCUT2D eigenvalue weighted by Gasteiger charge is -2.32. The second-order valence-electron chi connectivity index (χ2n) is 8.51. The van der Waals surface area contributed by atoms with Crippen molar-refractivity contribution in [2.75, 3.05) is 19.6 Å². The zero-order valence-electron chi connectivity index (χ0n) is 19.4. The number of thiazole rings is 1. The number of rotatable bonds is 7. The van der Waals surface area contributed by atoms with Gasteiger partial charge >= 0.3 is 0 Å². The molecule has 1 aliphatic heterocycles. The molecule has 4 rings (SSSR count). The molecule has 1 fully saturated rings. The Morgan fingerprint density at radius 3 is 2.61 bits per heavy atom. The molecule has 1 N–H and O–H groups in total. The minimum Gasteiger partial charge on any atom is -0.352 e. The summed E-state index contributed by atoms with van der Waals surface area (Å²) in [6.07, 6.45) is 7.85. The molecular formula is C24H30N6O2S. The summed E-state index contributed by atoms with van der Waals surface area (Å²) >= 11 is 1.46. The van der Waals surface area contributed by atoms with Crippen LogP contribution in [0.3, 0.4) is 0 Å². The number of carbonyl (C=O) groups excluding carboxylic acids is 2. The van der Waals surface area contributed by atoms with Gasteiger partial charge in [0.2, 0.25) is 0 Å². The molecule has 2 amide bonds. The maximum Gasteiger partial charge on any atom is 0.265 e. The molecule has 0 spiro atoms. The van der Waals surface area contributed by atoms with Gasteiger partial charge in [0.1, 0.15) is 4.88 Å². The number of likely N-dealkylation sites (tertiary alicyclic amines) is 1. The maximum atomic E-state index is 12.9. The van der Waals surface area contributed by atoms with Gasteiger partial charge in [-0.2, -0.15) is 0 Å². The van der Waals surface area contributed by atoms with Gasteiger partial charge in [0.15, 0.2) is 0 Å². The Bertz CT molecular complexity index is 1120. The van der Waals surface area contributed by atoms with Gasteiger partial charge in [-0.3, -0.25) is 14.6 Å². The molecule has 0 bridgehead atoms. The Balaban J connectivity index is 1.37. The second-order valence-corrected chi connectivity index (χ2v) is 9.71. The van der Waals surface area contributed by atoms with Crippen LogP contribution < -0.4 is 5.32 Å². The molecule has 9 heteroatoms. The Hall–Kier alpha value is -3.07. The van der Waals surface area contributed by atoms with E-state index in [1.165, 1.54) is 11.3 Å². The van der Waals surface area contributed by atoms with Gasteiger partial charge in [0.25, 0.3) is 11.8 Å². The molecule has 3 aromatic rings. The number of hydrogen-bond donors (Lipinski definition) is 1. The molecule has 0 saturated carbocycles. The van der Waals surface area contributed by atoms with Gasteiger partial charge in [-0.05, 0) is 52.2 Å². The van der Waals surface area contributed by atoms with Crippen molar-refractivity contribution in [2.24, 2.45) is 0 Å². The lowest BCUT2D eigenvalue weighted by molar-refractivity contribution is 0.0714. The van der Waals surface area contributed by atoms with E-state index in [9.17, 15) is 9.59 Å². The largest absolute Gasteiger partial charge is 0.352 e. The van der Waals surface area contributed by atoms with Crippen LogP contribution in [0.1, 0.15) is 67.3 Å². The van der Waals surface area contributed by atoms with Gasteiger partial charge in [0.05, 0.1) is 28.3 Å². The first-order chi connectivity index (χ1) is 15.9. The molecule has 0 radical (unpaired) electrons. The molecule has 33 heavy (non-hydrogen) atoms. The van der Waals surface area contributed by atoms with Crippen LogP contribution in [0.4, 0.5) is 0 Å². The van der Waals surface area contributed by atoms with E-state index in [-0.39, 0.29) is 17.7 Å². The summed E-state index contributed by atoms with van der Waals surface area (Å²) in [6, 6.07) is 3.77. The Labute approximate surface area is 198 Å². The zero-order valence-corrected chi connectivity index (χ0v) is 20.2. The number of amides is 2. The molecule has 0 aromatic carbocycles. The molecule has 1 saturated heterocycles. The number of aryl methyl sites for hydroxylation is 4. The van der Waals surface area contributed by atoms with Crippen molar-refractivity contribution >= 4 is 23.2 Å². The average molecular weight is 467 g/mol. The van der Waals surface area contributed by atoms with Crippen LogP contribution in [0.5, 0.6) is 0 Å². The van der Waals surface area contributed by atoms with Crippen molar-refractivity contribution in [3.8, 4) is 0 Å². The molecular weight excluding hydrogens is 436 g/mol. The summed E-state index contributed by atoms with van der Waals surface area (Å²) in [5.74, 6) is 0.131. The van der Waals surface area contributed by atoms with Gasteiger partial charge in [0, 0.05) is 50.2 Å². The van der Waals surface area contributed by atoms with E-state index in [0.717, 1.165) is 52.8 Å². The third-order valence-corrected chi connectivity index (χ3v) is 7.07. The zero-order chi connectivity index (χ0) is 23.4. The first kappa shape index (κ1) is 23.1. The molecule has 1 aliphatic rings. The molecule has 0 atom stereocenters. The van der Waals surface area contributed by atoms with Crippen LogP contribution in [0.2, 0.25) is 0 Å². The molecule has 8 nitrogen and oxygen atoms in total. The fraction of sp³-hybridized carbons (Fsp3) is 0.458. The van der Waals surface area contributed by atoms with Crippen LogP contribution in [0.15, 0.2) is 30.9 Å². The molecule has 0 unspecified atom stereocenters. The smallest absolute Gasteiger partial charge is 0.265 e. The van der Waals surface area contributed by atoms with E-state index < -0.39 is 0 Å². The van der Waals surface area contributed by atoms with E-state index in [0.29, 0.717) is 25.2 Å². The highest BCUT2D eigenvalue weighted by atomic mass is 32.1. The topological polar surface area (TPSA) is 93.0 Å².